The lowest BCUT2D eigenvalue weighted by Gasteiger charge is -2.32. The van der Waals surface area contributed by atoms with Crippen LogP contribution in [0.1, 0.15) is 34.8 Å². The van der Waals surface area contributed by atoms with Crippen molar-refractivity contribution in [2.45, 2.75) is 31.9 Å². The summed E-state index contributed by atoms with van der Waals surface area (Å²) in [6.07, 6.45) is -5.86. The van der Waals surface area contributed by atoms with E-state index in [0.29, 0.717) is 16.9 Å². The molecule has 0 bridgehead atoms. The van der Waals surface area contributed by atoms with Crippen LogP contribution >= 0.6 is 0 Å². The Morgan fingerprint density at radius 1 is 1.31 bits per heavy atom. The van der Waals surface area contributed by atoms with Gasteiger partial charge in [-0.2, -0.15) is 28.5 Å². The van der Waals surface area contributed by atoms with E-state index >= 15 is 0 Å². The van der Waals surface area contributed by atoms with E-state index in [9.17, 15) is 23.1 Å². The van der Waals surface area contributed by atoms with E-state index in [1.165, 1.54) is 25.1 Å². The Kier molecular flexibility index (Phi) is 5.31. The van der Waals surface area contributed by atoms with Gasteiger partial charge in [0.15, 0.2) is 0 Å². The molecule has 0 fully saturated rings. The Labute approximate surface area is 164 Å². The molecule has 1 amide bonds. The highest BCUT2D eigenvalue weighted by Crippen LogP contribution is 2.40. The van der Waals surface area contributed by atoms with E-state index in [4.69, 9.17) is 10.00 Å². The number of benzene rings is 2. The van der Waals surface area contributed by atoms with Crippen LogP contribution in [0.25, 0.3) is 0 Å². The number of rotatable bonds is 4. The van der Waals surface area contributed by atoms with Crippen LogP contribution in [0.3, 0.4) is 0 Å². The fraction of sp³-hybridized carbons (Fsp3) is 0.250. The van der Waals surface area contributed by atoms with Gasteiger partial charge in [0.2, 0.25) is 0 Å². The van der Waals surface area contributed by atoms with Gasteiger partial charge < -0.3 is 9.84 Å². The smallest absolute Gasteiger partial charge is 0.438 e. The largest absolute Gasteiger partial charge is 0.489 e. The van der Waals surface area contributed by atoms with Crippen LogP contribution in [-0.4, -0.2) is 33.6 Å². The van der Waals surface area contributed by atoms with E-state index < -0.39 is 24.2 Å². The molecule has 1 aliphatic heterocycles. The summed E-state index contributed by atoms with van der Waals surface area (Å²) in [6, 6.07) is 14.2. The first-order valence-electron chi connectivity index (χ1n) is 8.54. The van der Waals surface area contributed by atoms with Crippen LogP contribution in [0.2, 0.25) is 0 Å². The first-order chi connectivity index (χ1) is 13.6. The fourth-order valence-electron chi connectivity index (χ4n) is 2.86. The van der Waals surface area contributed by atoms with Gasteiger partial charge in [-0.25, -0.2) is 0 Å². The van der Waals surface area contributed by atoms with Gasteiger partial charge in [-0.1, -0.05) is 12.1 Å². The molecule has 1 heterocycles. The first kappa shape index (κ1) is 20.4. The van der Waals surface area contributed by atoms with Crippen molar-refractivity contribution in [2.75, 3.05) is 0 Å². The molecule has 150 valence electrons. The molecule has 0 radical (unpaired) electrons. The Balaban J connectivity index is 1.78. The summed E-state index contributed by atoms with van der Waals surface area (Å²) in [7, 11) is 0. The van der Waals surface area contributed by atoms with Gasteiger partial charge in [-0.15, -0.1) is 0 Å². The van der Waals surface area contributed by atoms with Gasteiger partial charge >= 0.3 is 6.18 Å². The van der Waals surface area contributed by atoms with Crippen molar-refractivity contribution in [1.29, 1.82) is 5.26 Å². The third kappa shape index (κ3) is 4.07. The third-order valence-electron chi connectivity index (χ3n) is 4.33. The van der Waals surface area contributed by atoms with Gasteiger partial charge in [0, 0.05) is 17.7 Å². The molecule has 0 saturated heterocycles. The summed E-state index contributed by atoms with van der Waals surface area (Å²) in [5.41, 5.74) is -2.42. The number of alkyl halides is 3. The van der Waals surface area contributed by atoms with E-state index in [1.807, 2.05) is 6.07 Å². The number of ether oxygens (including phenoxy) is 1. The zero-order valence-electron chi connectivity index (χ0n) is 15.3. The average Bonchev–Trinajstić information content (AvgIpc) is 3.02. The van der Waals surface area contributed by atoms with E-state index in [0.717, 1.165) is 0 Å². The highest BCUT2D eigenvalue weighted by atomic mass is 19.4. The molecule has 0 aliphatic carbocycles. The molecule has 0 saturated carbocycles. The molecule has 1 N–H and O–H groups in total. The predicted octanol–water partition coefficient (Wildman–Crippen LogP) is 3.61. The normalized spacial score (nSPS) is 18.9. The summed E-state index contributed by atoms with van der Waals surface area (Å²) in [4.78, 5) is 12.6. The van der Waals surface area contributed by atoms with E-state index in [2.05, 4.69) is 5.10 Å². The Morgan fingerprint density at radius 3 is 2.62 bits per heavy atom. The number of carbonyl (C=O) groups excluding carboxylic acids is 1. The number of nitrogens with zero attached hydrogens (tertiary/aromatic N) is 3. The van der Waals surface area contributed by atoms with Crippen molar-refractivity contribution in [3.8, 4) is 11.8 Å². The molecule has 0 unspecified atom stereocenters. The standard InChI is InChI=1S/C20H16F3N3O3/c1-13-10-19(28,20(21,22)23)26(25-13)18(27)16-4-2-3-15(9-16)12-29-17-7-5-14(11-24)6-8-17/h2-9,28H,10,12H2,1H3/t19-/m0/s1. The van der Waals surface area contributed by atoms with E-state index in [1.54, 1.807) is 30.3 Å². The first-order valence-corrected chi connectivity index (χ1v) is 8.54. The molecule has 2 aromatic carbocycles. The number of halogens is 3. The predicted molar refractivity (Wildman–Crippen MR) is 96.8 cm³/mol. The van der Waals surface area contributed by atoms with Gasteiger partial charge in [-0.05, 0) is 48.9 Å². The SMILES string of the molecule is CC1=NN(C(=O)c2cccc(COc3ccc(C#N)cc3)c2)[C@@](O)(C(F)(F)F)C1. The van der Waals surface area contributed by atoms with Gasteiger partial charge in [-0.3, -0.25) is 4.79 Å². The Hall–Kier alpha value is -3.38. The molecule has 3 rings (SSSR count). The molecule has 0 spiro atoms. The monoisotopic (exact) mass is 403 g/mol. The minimum Gasteiger partial charge on any atom is -0.489 e. The number of aliphatic hydroxyl groups is 1. The maximum atomic E-state index is 13.3. The fourth-order valence-corrected chi connectivity index (χ4v) is 2.86. The van der Waals surface area contributed by atoms with Crippen molar-refractivity contribution in [3.63, 3.8) is 0 Å². The minimum absolute atomic E-state index is 0.00141. The van der Waals surface area contributed by atoms with Crippen LogP contribution in [-0.2, 0) is 6.61 Å². The second kappa shape index (κ2) is 7.56. The van der Waals surface area contributed by atoms with Crippen molar-refractivity contribution in [3.05, 3.63) is 65.2 Å². The van der Waals surface area contributed by atoms with Gasteiger partial charge in [0.25, 0.3) is 11.6 Å². The Morgan fingerprint density at radius 2 is 2.00 bits per heavy atom. The highest BCUT2D eigenvalue weighted by molar-refractivity contribution is 5.98. The second-order valence-corrected chi connectivity index (χ2v) is 6.57. The molecule has 9 heteroatoms. The molecule has 2 aromatic rings. The number of carbonyl (C=O) groups is 1. The maximum absolute atomic E-state index is 13.3. The number of nitriles is 1. The zero-order chi connectivity index (χ0) is 21.2. The van der Waals surface area contributed by atoms with Crippen molar-refractivity contribution in [2.24, 2.45) is 5.10 Å². The number of hydrogen-bond acceptors (Lipinski definition) is 5. The zero-order valence-corrected chi connectivity index (χ0v) is 15.3. The number of hydrogen-bond donors (Lipinski definition) is 1. The molecule has 29 heavy (non-hydrogen) atoms. The molecule has 6 nitrogen and oxygen atoms in total. The molecule has 1 atom stereocenters. The highest BCUT2D eigenvalue weighted by Gasteiger charge is 2.62. The van der Waals surface area contributed by atoms with Crippen molar-refractivity contribution in [1.82, 2.24) is 5.01 Å². The summed E-state index contributed by atoms with van der Waals surface area (Å²) < 4.78 is 45.6. The van der Waals surface area contributed by atoms with Gasteiger partial charge in [0.05, 0.1) is 11.6 Å². The third-order valence-corrected chi connectivity index (χ3v) is 4.33. The van der Waals surface area contributed by atoms with Crippen LogP contribution < -0.4 is 4.74 Å². The topological polar surface area (TPSA) is 85.9 Å². The van der Waals surface area contributed by atoms with Crippen LogP contribution in [0.4, 0.5) is 13.2 Å². The average molecular weight is 403 g/mol. The summed E-state index contributed by atoms with van der Waals surface area (Å²) >= 11 is 0. The van der Waals surface area contributed by atoms with Crippen molar-refractivity contribution < 1.29 is 27.8 Å². The molecule has 1 aliphatic rings. The Bertz CT molecular complexity index is 997. The number of amides is 1. The lowest BCUT2D eigenvalue weighted by Crippen LogP contribution is -2.56. The van der Waals surface area contributed by atoms with Crippen LogP contribution in [0.5, 0.6) is 5.75 Å². The summed E-state index contributed by atoms with van der Waals surface area (Å²) in [5, 5.41) is 22.5. The molecular weight excluding hydrogens is 387 g/mol. The summed E-state index contributed by atoms with van der Waals surface area (Å²) in [6.45, 7) is 1.37. The second-order valence-electron chi connectivity index (χ2n) is 6.57. The number of hydrazone groups is 1. The van der Waals surface area contributed by atoms with Gasteiger partial charge in [0.1, 0.15) is 12.4 Å². The maximum Gasteiger partial charge on any atom is 0.438 e. The van der Waals surface area contributed by atoms with Crippen molar-refractivity contribution >= 4 is 11.6 Å². The van der Waals surface area contributed by atoms with Crippen LogP contribution in [0, 0.1) is 11.3 Å². The minimum atomic E-state index is -5.06. The molecular formula is C20H16F3N3O3. The van der Waals surface area contributed by atoms with Crippen LogP contribution in [0.15, 0.2) is 53.6 Å². The quantitative estimate of drug-likeness (QED) is 0.845. The lowest BCUT2D eigenvalue weighted by atomic mass is 10.1. The van der Waals surface area contributed by atoms with E-state index in [-0.39, 0.29) is 22.9 Å². The summed E-state index contributed by atoms with van der Waals surface area (Å²) in [5.74, 6) is -0.575. The lowest BCUT2D eigenvalue weighted by molar-refractivity contribution is -0.297. The molecule has 0 aromatic heterocycles.